The molecule has 1 amide bonds. The Bertz CT molecular complexity index is 1510. The maximum Gasteiger partial charge on any atom is 0.437 e. The number of aromatic nitrogens is 3. The molecule has 3 heterocycles. The second-order valence-corrected chi connectivity index (χ2v) is 18.0. The van der Waals surface area contributed by atoms with Crippen LogP contribution in [0.1, 0.15) is 32.9 Å². The lowest BCUT2D eigenvalue weighted by atomic mass is 10.1. The van der Waals surface area contributed by atoms with Gasteiger partial charge in [-0.25, -0.2) is 9.37 Å². The Morgan fingerprint density at radius 2 is 1.67 bits per heavy atom. The van der Waals surface area contributed by atoms with E-state index < -0.39 is 31.7 Å². The minimum atomic E-state index is -4.84. The first kappa shape index (κ1) is 35.7. The number of benzene rings is 1. The van der Waals surface area contributed by atoms with Crippen molar-refractivity contribution < 1.29 is 26.8 Å². The molecule has 46 heavy (non-hydrogen) atoms. The first-order valence-electron chi connectivity index (χ1n) is 15.0. The molecule has 1 aliphatic heterocycles. The number of rotatable bonds is 11. The number of alkyl halides is 3. The highest BCUT2D eigenvalue weighted by Gasteiger charge is 2.38. The monoisotopic (exact) mass is 681 g/mol. The molecule has 2 aromatic heterocycles. The van der Waals surface area contributed by atoms with Crippen LogP contribution in [0.2, 0.25) is 23.2 Å². The van der Waals surface area contributed by atoms with Crippen molar-refractivity contribution in [3.8, 4) is 11.3 Å². The maximum atomic E-state index is 14.4. The number of nitrogens with one attached hydrogen (secondary N) is 2. The fraction of sp³-hybridized carbons (Fsp3) is 0.484. The lowest BCUT2D eigenvalue weighted by Gasteiger charge is -2.38. The highest BCUT2D eigenvalue weighted by molar-refractivity contribution is 6.74. The highest BCUT2D eigenvalue weighted by Crippen LogP contribution is 2.37. The molecule has 0 aliphatic carbocycles. The zero-order valence-corrected chi connectivity index (χ0v) is 28.4. The van der Waals surface area contributed by atoms with Gasteiger partial charge >= 0.3 is 6.18 Å². The smallest absolute Gasteiger partial charge is 0.416 e. The Labute approximate surface area is 272 Å². The van der Waals surface area contributed by atoms with Gasteiger partial charge in [-0.05, 0) is 48.5 Å². The molecule has 0 saturated carbocycles. The molecule has 0 spiro atoms. The molecule has 9 nitrogen and oxygen atoms in total. The fourth-order valence-electron chi connectivity index (χ4n) is 4.60. The molecule has 1 fully saturated rings. The lowest BCUT2D eigenvalue weighted by Crippen LogP contribution is -2.49. The van der Waals surface area contributed by atoms with E-state index >= 15 is 0 Å². The summed E-state index contributed by atoms with van der Waals surface area (Å²) in [7, 11) is -1.77. The van der Waals surface area contributed by atoms with E-state index in [2.05, 4.69) is 69.5 Å². The van der Waals surface area contributed by atoms with Crippen LogP contribution in [0.5, 0.6) is 0 Å². The summed E-state index contributed by atoms with van der Waals surface area (Å²) < 4.78 is 62.0. The summed E-state index contributed by atoms with van der Waals surface area (Å²) in [6.07, 6.45) is -3.25. The number of anilines is 3. The van der Waals surface area contributed by atoms with E-state index in [-0.39, 0.29) is 45.2 Å². The van der Waals surface area contributed by atoms with Crippen LogP contribution in [0.3, 0.4) is 0 Å². The molecule has 3 aromatic rings. The number of carbonyl (C=O) groups is 1. The van der Waals surface area contributed by atoms with E-state index in [0.717, 1.165) is 51.5 Å². The predicted molar refractivity (Wildman–Crippen MR) is 174 cm³/mol. The SMILES string of the molecule is CC(C)(C)[Si](C)(C)OCCN1CCN(CCC(=O)Nc2cc(Nc3cc(-c4cc(Cl)ccc4F)nnc3C(F)(F)F)ccn2)CC1. The van der Waals surface area contributed by atoms with Gasteiger partial charge < -0.3 is 20.0 Å². The molecule has 0 bridgehead atoms. The van der Waals surface area contributed by atoms with Crippen LogP contribution in [0.15, 0.2) is 42.6 Å². The van der Waals surface area contributed by atoms with Gasteiger partial charge in [0, 0.05) is 80.8 Å². The zero-order valence-electron chi connectivity index (χ0n) is 26.6. The third kappa shape index (κ3) is 9.67. The van der Waals surface area contributed by atoms with Crippen molar-refractivity contribution in [2.24, 2.45) is 0 Å². The number of carbonyl (C=O) groups excluding carboxylic acids is 1. The van der Waals surface area contributed by atoms with Gasteiger partial charge in [-0.3, -0.25) is 9.69 Å². The minimum absolute atomic E-state index is 0.100. The Kier molecular flexibility index (Phi) is 11.4. The van der Waals surface area contributed by atoms with E-state index in [1.165, 1.54) is 30.5 Å². The molecule has 2 N–H and O–H groups in total. The molecule has 1 aliphatic rings. The van der Waals surface area contributed by atoms with Crippen molar-refractivity contribution in [3.63, 3.8) is 0 Å². The van der Waals surface area contributed by atoms with Gasteiger partial charge in [0.25, 0.3) is 0 Å². The minimum Gasteiger partial charge on any atom is -0.416 e. The van der Waals surface area contributed by atoms with Crippen LogP contribution in [0.25, 0.3) is 11.3 Å². The quantitative estimate of drug-likeness (QED) is 0.164. The van der Waals surface area contributed by atoms with Crippen LogP contribution in [-0.2, 0) is 15.4 Å². The Balaban J connectivity index is 1.31. The summed E-state index contributed by atoms with van der Waals surface area (Å²) in [4.78, 5) is 21.5. The first-order chi connectivity index (χ1) is 21.5. The summed E-state index contributed by atoms with van der Waals surface area (Å²) in [5.41, 5.74) is -1.78. The number of amides is 1. The van der Waals surface area contributed by atoms with Crippen LogP contribution in [0, 0.1) is 5.82 Å². The van der Waals surface area contributed by atoms with Gasteiger partial charge in [0.2, 0.25) is 5.91 Å². The number of hydrogen-bond donors (Lipinski definition) is 2. The van der Waals surface area contributed by atoms with E-state index in [4.69, 9.17) is 16.0 Å². The standard InChI is InChI=1S/C31H40ClF4N7O2Si/c1-30(2,3)46(4,5)45-17-16-43-14-12-42(13-15-43)11-9-28(44)39-27-19-22(8-10-37-27)38-26-20-25(40-41-29(26)31(34,35)36)23-18-21(32)6-7-24(23)33/h6-8,10,18-20H,9,11-17H2,1-5H3,(H2,37,38,39,40,44). The van der Waals surface area contributed by atoms with Crippen molar-refractivity contribution >= 4 is 43.0 Å². The van der Waals surface area contributed by atoms with Gasteiger partial charge in [0.1, 0.15) is 11.6 Å². The zero-order chi connectivity index (χ0) is 33.7. The largest absolute Gasteiger partial charge is 0.437 e. The number of nitrogens with zero attached hydrogens (tertiary/aromatic N) is 5. The van der Waals surface area contributed by atoms with Crippen LogP contribution >= 0.6 is 11.6 Å². The number of hydrogen-bond acceptors (Lipinski definition) is 8. The topological polar surface area (TPSA) is 95.5 Å². The molecule has 1 aromatic carbocycles. The summed E-state index contributed by atoms with van der Waals surface area (Å²) in [5, 5.41) is 12.6. The van der Waals surface area contributed by atoms with Gasteiger partial charge in [-0.15, -0.1) is 10.2 Å². The number of halogens is 5. The Morgan fingerprint density at radius 3 is 2.33 bits per heavy atom. The number of pyridine rings is 1. The third-order valence-electron chi connectivity index (χ3n) is 8.37. The third-order valence-corrected chi connectivity index (χ3v) is 13.1. The molecular formula is C31H40ClF4N7O2Si. The van der Waals surface area contributed by atoms with Crippen molar-refractivity contribution in [3.05, 3.63) is 59.1 Å². The second kappa shape index (κ2) is 14.7. The van der Waals surface area contributed by atoms with E-state index in [1.54, 1.807) is 0 Å². The molecule has 0 unspecified atom stereocenters. The van der Waals surface area contributed by atoms with E-state index in [1.807, 2.05) is 0 Å². The van der Waals surface area contributed by atoms with Crippen molar-refractivity contribution in [1.82, 2.24) is 25.0 Å². The molecule has 4 rings (SSSR count). The molecule has 250 valence electrons. The molecule has 0 atom stereocenters. The Hall–Kier alpha value is -3.17. The van der Waals surface area contributed by atoms with E-state index in [9.17, 15) is 22.4 Å². The number of piperazine rings is 1. The van der Waals surface area contributed by atoms with Crippen molar-refractivity contribution in [1.29, 1.82) is 0 Å². The summed E-state index contributed by atoms with van der Waals surface area (Å²) >= 11 is 5.95. The first-order valence-corrected chi connectivity index (χ1v) is 18.3. The van der Waals surface area contributed by atoms with Gasteiger partial charge in [-0.2, -0.15) is 13.2 Å². The molecule has 15 heteroatoms. The summed E-state index contributed by atoms with van der Waals surface area (Å²) in [5.74, 6) is -0.819. The van der Waals surface area contributed by atoms with E-state index in [0.29, 0.717) is 6.54 Å². The summed E-state index contributed by atoms with van der Waals surface area (Å²) in [6.45, 7) is 16.8. The van der Waals surface area contributed by atoms with Crippen molar-refractivity contribution in [2.45, 2.75) is 51.5 Å². The molecular weight excluding hydrogens is 642 g/mol. The average molecular weight is 682 g/mol. The van der Waals surface area contributed by atoms with Gasteiger partial charge in [-0.1, -0.05) is 32.4 Å². The second-order valence-electron chi connectivity index (χ2n) is 12.8. The summed E-state index contributed by atoms with van der Waals surface area (Å²) in [6, 6.07) is 7.55. The normalized spacial score (nSPS) is 15.2. The predicted octanol–water partition coefficient (Wildman–Crippen LogP) is 7.06. The van der Waals surface area contributed by atoms with Gasteiger partial charge in [0.15, 0.2) is 14.0 Å². The van der Waals surface area contributed by atoms with Crippen LogP contribution in [0.4, 0.5) is 34.8 Å². The van der Waals surface area contributed by atoms with Crippen LogP contribution < -0.4 is 10.6 Å². The highest BCUT2D eigenvalue weighted by atomic mass is 35.5. The lowest BCUT2D eigenvalue weighted by molar-refractivity contribution is -0.141. The molecule has 0 radical (unpaired) electrons. The Morgan fingerprint density at radius 1 is 1.00 bits per heavy atom. The van der Waals surface area contributed by atoms with Crippen LogP contribution in [-0.4, -0.2) is 85.1 Å². The fourth-order valence-corrected chi connectivity index (χ4v) is 5.81. The average Bonchev–Trinajstić information content (AvgIpc) is 2.97. The molecule has 1 saturated heterocycles. The maximum absolute atomic E-state index is 14.4. The van der Waals surface area contributed by atoms with Crippen molar-refractivity contribution in [2.75, 3.05) is 56.5 Å². The van der Waals surface area contributed by atoms with Gasteiger partial charge in [0.05, 0.1) is 11.4 Å².